The summed E-state index contributed by atoms with van der Waals surface area (Å²) < 4.78 is 0. The number of carbonyl (C=O) groups excluding carboxylic acids is 1. The van der Waals surface area contributed by atoms with Crippen molar-refractivity contribution >= 4 is 35.8 Å². The van der Waals surface area contributed by atoms with Crippen molar-refractivity contribution < 1.29 is 4.79 Å². The molecule has 146 valence electrons. The highest BCUT2D eigenvalue weighted by atomic mass is 127. The van der Waals surface area contributed by atoms with E-state index in [9.17, 15) is 4.79 Å². The number of hydrogen-bond acceptors (Lipinski definition) is 2. The van der Waals surface area contributed by atoms with Crippen LogP contribution >= 0.6 is 24.0 Å². The second-order valence-electron chi connectivity index (χ2n) is 7.68. The average molecular weight is 472 g/mol. The minimum atomic E-state index is 0. The molecule has 6 heteroatoms. The molecule has 0 spiro atoms. The largest absolute Gasteiger partial charge is 0.357 e. The van der Waals surface area contributed by atoms with Crippen LogP contribution in [0.3, 0.4) is 0 Å². The lowest BCUT2D eigenvalue weighted by Gasteiger charge is -2.31. The van der Waals surface area contributed by atoms with Crippen molar-refractivity contribution in [1.82, 2.24) is 15.5 Å². The molecule has 2 N–H and O–H groups in total. The molecule has 1 aliphatic rings. The summed E-state index contributed by atoms with van der Waals surface area (Å²) in [7, 11) is 1.86. The highest BCUT2D eigenvalue weighted by Crippen LogP contribution is 2.22. The third-order valence-corrected chi connectivity index (χ3v) is 4.50. The standard InChI is InChI=1S/C20H32N4O.HI/c1-5-21-19(23-17-11-12-18(25)24(4)14-17)22-15-20(2,3)13-16-9-7-6-8-10-16;/h6-10,17H,5,11-15H2,1-4H3,(H2,21,22,23);1H. The number of piperidine rings is 1. The second kappa shape index (κ2) is 10.7. The van der Waals surface area contributed by atoms with Crippen LogP contribution in [-0.4, -0.2) is 49.5 Å². The van der Waals surface area contributed by atoms with Gasteiger partial charge in [0, 0.05) is 39.1 Å². The van der Waals surface area contributed by atoms with E-state index in [2.05, 4.69) is 55.7 Å². The normalized spacial score (nSPS) is 18.3. The molecule has 1 aromatic carbocycles. The maximum absolute atomic E-state index is 11.6. The molecule has 1 heterocycles. The molecule has 1 fully saturated rings. The van der Waals surface area contributed by atoms with Crippen LogP contribution in [0.2, 0.25) is 0 Å². The van der Waals surface area contributed by atoms with Gasteiger partial charge < -0.3 is 15.5 Å². The lowest BCUT2D eigenvalue weighted by molar-refractivity contribution is -0.132. The van der Waals surface area contributed by atoms with Crippen LogP contribution in [0, 0.1) is 5.41 Å². The first-order chi connectivity index (χ1) is 11.9. The summed E-state index contributed by atoms with van der Waals surface area (Å²) in [5.41, 5.74) is 1.43. The quantitative estimate of drug-likeness (QED) is 0.380. The third-order valence-electron chi connectivity index (χ3n) is 4.50. The lowest BCUT2D eigenvalue weighted by Crippen LogP contribution is -2.51. The second-order valence-corrected chi connectivity index (χ2v) is 7.68. The van der Waals surface area contributed by atoms with Gasteiger partial charge >= 0.3 is 0 Å². The van der Waals surface area contributed by atoms with E-state index < -0.39 is 0 Å². The molecule has 0 radical (unpaired) electrons. The number of carbonyl (C=O) groups is 1. The molecule has 1 saturated heterocycles. The summed E-state index contributed by atoms with van der Waals surface area (Å²) in [5, 5.41) is 6.82. The number of likely N-dealkylation sites (N-methyl/N-ethyl adjacent to an activating group) is 1. The molecule has 2 rings (SSSR count). The number of nitrogens with zero attached hydrogens (tertiary/aromatic N) is 2. The summed E-state index contributed by atoms with van der Waals surface area (Å²) in [6.07, 6.45) is 2.46. The Labute approximate surface area is 175 Å². The zero-order chi connectivity index (χ0) is 18.3. The predicted octanol–water partition coefficient (Wildman–Crippen LogP) is 3.05. The van der Waals surface area contributed by atoms with Crippen molar-refractivity contribution in [3.05, 3.63) is 35.9 Å². The topological polar surface area (TPSA) is 56.7 Å². The summed E-state index contributed by atoms with van der Waals surface area (Å²) in [6, 6.07) is 10.8. The van der Waals surface area contributed by atoms with E-state index in [0.29, 0.717) is 6.42 Å². The zero-order valence-corrected chi connectivity index (χ0v) is 18.7. The van der Waals surface area contributed by atoms with Gasteiger partial charge in [-0.25, -0.2) is 0 Å². The summed E-state index contributed by atoms with van der Waals surface area (Å²) in [5.74, 6) is 1.07. The molecule has 1 unspecified atom stereocenters. The Kier molecular flexibility index (Phi) is 9.39. The first kappa shape index (κ1) is 22.7. The van der Waals surface area contributed by atoms with Crippen molar-refractivity contribution in [2.24, 2.45) is 10.4 Å². The number of amides is 1. The average Bonchev–Trinajstić information content (AvgIpc) is 2.57. The Morgan fingerprint density at radius 1 is 1.31 bits per heavy atom. The number of nitrogens with one attached hydrogen (secondary N) is 2. The van der Waals surface area contributed by atoms with Gasteiger partial charge in [0.15, 0.2) is 5.96 Å². The summed E-state index contributed by atoms with van der Waals surface area (Å²) in [4.78, 5) is 18.2. The van der Waals surface area contributed by atoms with Gasteiger partial charge in [-0.2, -0.15) is 0 Å². The molecule has 0 aliphatic carbocycles. The summed E-state index contributed by atoms with van der Waals surface area (Å²) in [6.45, 7) is 8.88. The maximum Gasteiger partial charge on any atom is 0.222 e. The van der Waals surface area contributed by atoms with E-state index in [4.69, 9.17) is 4.99 Å². The number of benzene rings is 1. The van der Waals surface area contributed by atoms with Crippen LogP contribution in [0.15, 0.2) is 35.3 Å². The number of likely N-dealkylation sites (tertiary alicyclic amines) is 1. The fraction of sp³-hybridized carbons (Fsp3) is 0.600. The number of guanidine groups is 1. The van der Waals surface area contributed by atoms with Crippen molar-refractivity contribution in [1.29, 1.82) is 0 Å². The van der Waals surface area contributed by atoms with E-state index in [0.717, 1.165) is 38.4 Å². The van der Waals surface area contributed by atoms with Crippen LogP contribution in [0.1, 0.15) is 39.2 Å². The Bertz CT molecular complexity index is 589. The van der Waals surface area contributed by atoms with E-state index in [-0.39, 0.29) is 41.3 Å². The SMILES string of the molecule is CCNC(=NCC(C)(C)Cc1ccccc1)NC1CCC(=O)N(C)C1.I. The highest BCUT2D eigenvalue weighted by Gasteiger charge is 2.24. The minimum Gasteiger partial charge on any atom is -0.357 e. The van der Waals surface area contributed by atoms with Crippen molar-refractivity contribution in [3.63, 3.8) is 0 Å². The highest BCUT2D eigenvalue weighted by molar-refractivity contribution is 14.0. The van der Waals surface area contributed by atoms with Crippen LogP contribution in [-0.2, 0) is 11.2 Å². The number of hydrogen-bond donors (Lipinski definition) is 2. The number of halogens is 1. The molecule has 1 aromatic rings. The van der Waals surface area contributed by atoms with Crippen LogP contribution < -0.4 is 10.6 Å². The third kappa shape index (κ3) is 7.51. The molecular weight excluding hydrogens is 439 g/mol. The van der Waals surface area contributed by atoms with Gasteiger partial charge in [-0.15, -0.1) is 24.0 Å². The molecule has 1 aliphatic heterocycles. The van der Waals surface area contributed by atoms with E-state index in [1.165, 1.54) is 5.56 Å². The minimum absolute atomic E-state index is 0. The monoisotopic (exact) mass is 472 g/mol. The molecule has 0 bridgehead atoms. The van der Waals surface area contributed by atoms with Crippen LogP contribution in [0.4, 0.5) is 0 Å². The Morgan fingerprint density at radius 3 is 2.62 bits per heavy atom. The smallest absolute Gasteiger partial charge is 0.222 e. The molecular formula is C20H33IN4O. The van der Waals surface area contributed by atoms with Gasteiger partial charge in [0.2, 0.25) is 5.91 Å². The maximum atomic E-state index is 11.6. The number of aliphatic imine (C=N–C) groups is 1. The first-order valence-corrected chi connectivity index (χ1v) is 9.22. The zero-order valence-electron chi connectivity index (χ0n) is 16.4. The van der Waals surface area contributed by atoms with E-state index in [1.807, 2.05) is 13.1 Å². The van der Waals surface area contributed by atoms with Crippen molar-refractivity contribution in [3.8, 4) is 0 Å². The van der Waals surface area contributed by atoms with Crippen LogP contribution in [0.5, 0.6) is 0 Å². The van der Waals surface area contributed by atoms with Gasteiger partial charge in [0.1, 0.15) is 0 Å². The van der Waals surface area contributed by atoms with E-state index in [1.54, 1.807) is 4.90 Å². The van der Waals surface area contributed by atoms with Gasteiger partial charge in [0.05, 0.1) is 0 Å². The Balaban J connectivity index is 0.00000338. The Hall–Kier alpha value is -1.31. The van der Waals surface area contributed by atoms with Gasteiger partial charge in [-0.05, 0) is 30.7 Å². The molecule has 0 aromatic heterocycles. The first-order valence-electron chi connectivity index (χ1n) is 9.22. The Morgan fingerprint density at radius 2 is 2.00 bits per heavy atom. The van der Waals surface area contributed by atoms with Gasteiger partial charge in [-0.3, -0.25) is 9.79 Å². The van der Waals surface area contributed by atoms with Gasteiger partial charge in [0.25, 0.3) is 0 Å². The fourth-order valence-electron chi connectivity index (χ4n) is 3.14. The molecule has 5 nitrogen and oxygen atoms in total. The predicted molar refractivity (Wildman–Crippen MR) is 119 cm³/mol. The summed E-state index contributed by atoms with van der Waals surface area (Å²) >= 11 is 0. The van der Waals surface area contributed by atoms with Crippen molar-refractivity contribution in [2.75, 3.05) is 26.7 Å². The molecule has 0 saturated carbocycles. The molecule has 1 atom stereocenters. The lowest BCUT2D eigenvalue weighted by atomic mass is 9.86. The fourth-order valence-corrected chi connectivity index (χ4v) is 3.14. The van der Waals surface area contributed by atoms with Gasteiger partial charge in [-0.1, -0.05) is 44.2 Å². The van der Waals surface area contributed by atoms with Crippen LogP contribution in [0.25, 0.3) is 0 Å². The molecule has 1 amide bonds. The molecule has 26 heavy (non-hydrogen) atoms. The van der Waals surface area contributed by atoms with E-state index >= 15 is 0 Å². The number of rotatable bonds is 6. The van der Waals surface area contributed by atoms with Crippen molar-refractivity contribution in [2.45, 2.75) is 46.1 Å².